The minimum absolute atomic E-state index is 0.0857. The fraction of sp³-hybridized carbons (Fsp3) is 0.500. The fourth-order valence-corrected chi connectivity index (χ4v) is 4.32. The van der Waals surface area contributed by atoms with Gasteiger partial charge in [-0.05, 0) is 6.07 Å². The summed E-state index contributed by atoms with van der Waals surface area (Å²) in [5.74, 6) is 0.368. The van der Waals surface area contributed by atoms with Crippen molar-refractivity contribution in [3.8, 4) is 5.75 Å². The van der Waals surface area contributed by atoms with Crippen molar-refractivity contribution in [1.82, 2.24) is 9.34 Å². The molecule has 0 aliphatic carbocycles. The Balaban J connectivity index is 1.84. The van der Waals surface area contributed by atoms with Crippen molar-refractivity contribution in [2.24, 2.45) is 0 Å². The molecule has 0 bridgehead atoms. The number of benzene rings is 1. The van der Waals surface area contributed by atoms with Gasteiger partial charge in [0, 0.05) is 32.2 Å². The van der Waals surface area contributed by atoms with Gasteiger partial charge in [0.05, 0.1) is 24.2 Å². The summed E-state index contributed by atoms with van der Waals surface area (Å²) in [4.78, 5) is 10.6. The molecule has 0 unspecified atom stereocenters. The zero-order chi connectivity index (χ0) is 15.0. The van der Waals surface area contributed by atoms with Crippen LogP contribution in [-0.4, -0.2) is 47.6 Å². The first-order chi connectivity index (χ1) is 10.1. The first-order valence-electron chi connectivity index (χ1n) is 6.62. The van der Waals surface area contributed by atoms with Crippen molar-refractivity contribution < 1.29 is 18.7 Å². The number of methoxy groups -OCH3 is 1. The van der Waals surface area contributed by atoms with E-state index in [1.165, 1.54) is 13.2 Å². The second-order valence-corrected chi connectivity index (χ2v) is 7.26. The van der Waals surface area contributed by atoms with Crippen LogP contribution in [0.4, 0.5) is 5.69 Å². The van der Waals surface area contributed by atoms with E-state index in [1.807, 2.05) is 0 Å². The fourth-order valence-electron chi connectivity index (χ4n) is 2.15. The summed E-state index contributed by atoms with van der Waals surface area (Å²) in [6.07, 6.45) is 0. The first-order valence-corrected chi connectivity index (χ1v) is 8.15. The van der Waals surface area contributed by atoms with E-state index < -0.39 is 12.6 Å². The van der Waals surface area contributed by atoms with E-state index in [1.54, 1.807) is 21.5 Å². The molecule has 1 aromatic carbocycles. The zero-order valence-electron chi connectivity index (χ0n) is 11.6. The summed E-state index contributed by atoms with van der Waals surface area (Å²) in [5, 5.41) is 11.1. The van der Waals surface area contributed by atoms with Crippen LogP contribution in [0.2, 0.25) is 0 Å². The number of rotatable bonds is 7. The average molecular weight is 313 g/mol. The lowest BCUT2D eigenvalue weighted by Gasteiger charge is -2.20. The summed E-state index contributed by atoms with van der Waals surface area (Å²) in [6, 6.07) is 4.57. The molecule has 0 N–H and O–H groups in total. The van der Waals surface area contributed by atoms with E-state index in [0.717, 1.165) is 26.2 Å². The summed E-state index contributed by atoms with van der Waals surface area (Å²) < 4.78 is 27.1. The van der Waals surface area contributed by atoms with Crippen LogP contribution in [0.3, 0.4) is 0 Å². The van der Waals surface area contributed by atoms with E-state index in [2.05, 4.69) is 0 Å². The maximum atomic E-state index is 12.8. The molecule has 2 fully saturated rings. The number of hydrogen-bond acceptors (Lipinski definition) is 5. The zero-order valence-corrected chi connectivity index (χ0v) is 12.5. The smallest absolute Gasteiger partial charge is 0.346 e. The Morgan fingerprint density at radius 1 is 1.29 bits per heavy atom. The van der Waals surface area contributed by atoms with Crippen molar-refractivity contribution in [1.29, 1.82) is 0 Å². The highest BCUT2D eigenvalue weighted by Crippen LogP contribution is 2.61. The molecule has 2 aliphatic rings. The van der Waals surface area contributed by atoms with Crippen LogP contribution in [0.25, 0.3) is 0 Å². The maximum Gasteiger partial charge on any atom is 0.346 e. The Morgan fingerprint density at radius 3 is 2.38 bits per heavy atom. The summed E-state index contributed by atoms with van der Waals surface area (Å²) >= 11 is 0. The van der Waals surface area contributed by atoms with Crippen molar-refractivity contribution in [3.63, 3.8) is 0 Å². The Hall–Kier alpha value is -1.47. The minimum atomic E-state index is -3.00. The average Bonchev–Trinajstić information content (AvgIpc) is 3.34. The lowest BCUT2D eigenvalue weighted by molar-refractivity contribution is -0.385. The molecule has 9 heteroatoms. The summed E-state index contributed by atoms with van der Waals surface area (Å²) in [7, 11) is -1.56. The highest BCUT2D eigenvalue weighted by atomic mass is 31.2. The number of nitrogens with zero attached hydrogens (tertiary/aromatic N) is 3. The van der Waals surface area contributed by atoms with Gasteiger partial charge in [-0.25, -0.2) is 9.34 Å². The number of ether oxygens (including phenoxy) is 1. The number of hydrogen-bond donors (Lipinski definition) is 0. The van der Waals surface area contributed by atoms with Gasteiger partial charge >= 0.3 is 7.67 Å². The molecule has 0 amide bonds. The van der Waals surface area contributed by atoms with Crippen LogP contribution in [0.15, 0.2) is 18.2 Å². The molecule has 0 atom stereocenters. The molecule has 0 aromatic heterocycles. The van der Waals surface area contributed by atoms with Crippen molar-refractivity contribution >= 4 is 13.4 Å². The standard InChI is InChI=1S/C12H16N3O5P/c1-19-12-4-2-3-11(15(16)17)10(12)9-20-21(18,13-5-6-13)14-7-8-14/h2-4H,5-9H2,1H3. The number of nitro benzene ring substituents is 1. The SMILES string of the molecule is COc1cccc([N+](=O)[O-])c1COP(=O)(N1CC1)N1CC1. The van der Waals surface area contributed by atoms with E-state index in [4.69, 9.17) is 9.26 Å². The maximum absolute atomic E-state index is 12.8. The van der Waals surface area contributed by atoms with Gasteiger partial charge in [-0.15, -0.1) is 0 Å². The summed E-state index contributed by atoms with van der Waals surface area (Å²) in [5.41, 5.74) is 0.228. The predicted molar refractivity (Wildman–Crippen MR) is 75.2 cm³/mol. The van der Waals surface area contributed by atoms with Crippen LogP contribution in [0, 0.1) is 10.1 Å². The second kappa shape index (κ2) is 5.38. The van der Waals surface area contributed by atoms with E-state index >= 15 is 0 Å². The Morgan fingerprint density at radius 2 is 1.90 bits per heavy atom. The van der Waals surface area contributed by atoms with Crippen molar-refractivity contribution in [2.45, 2.75) is 6.61 Å². The highest BCUT2D eigenvalue weighted by Gasteiger charge is 2.49. The highest BCUT2D eigenvalue weighted by molar-refractivity contribution is 7.54. The van der Waals surface area contributed by atoms with Gasteiger partial charge in [-0.2, -0.15) is 0 Å². The van der Waals surface area contributed by atoms with Crippen LogP contribution in [-0.2, 0) is 15.7 Å². The molecule has 1 aromatic rings. The molecule has 8 nitrogen and oxygen atoms in total. The van der Waals surface area contributed by atoms with Crippen LogP contribution >= 0.6 is 7.67 Å². The molecule has 2 heterocycles. The molecule has 0 radical (unpaired) electrons. The van der Waals surface area contributed by atoms with Gasteiger partial charge in [0.15, 0.2) is 0 Å². The van der Waals surface area contributed by atoms with E-state index in [-0.39, 0.29) is 12.3 Å². The largest absolute Gasteiger partial charge is 0.496 e. The molecular formula is C12H16N3O5P. The van der Waals surface area contributed by atoms with E-state index in [9.17, 15) is 14.7 Å². The van der Waals surface area contributed by atoms with Crippen LogP contribution < -0.4 is 4.74 Å². The lowest BCUT2D eigenvalue weighted by atomic mass is 10.1. The Bertz CT molecular complexity index is 599. The molecule has 0 saturated carbocycles. The quantitative estimate of drug-likeness (QED) is 0.329. The predicted octanol–water partition coefficient (Wildman–Crippen LogP) is 1.86. The van der Waals surface area contributed by atoms with Gasteiger partial charge in [0.2, 0.25) is 0 Å². The monoisotopic (exact) mass is 313 g/mol. The van der Waals surface area contributed by atoms with Crippen molar-refractivity contribution in [3.05, 3.63) is 33.9 Å². The molecule has 21 heavy (non-hydrogen) atoms. The third-order valence-corrected chi connectivity index (χ3v) is 6.16. The lowest BCUT2D eigenvalue weighted by Crippen LogP contribution is -2.09. The number of nitro groups is 1. The Labute approximate surface area is 121 Å². The third-order valence-electron chi connectivity index (χ3n) is 3.46. The molecule has 114 valence electrons. The van der Waals surface area contributed by atoms with Gasteiger partial charge in [0.1, 0.15) is 5.75 Å². The van der Waals surface area contributed by atoms with Gasteiger partial charge in [-0.3, -0.25) is 14.7 Å². The van der Waals surface area contributed by atoms with Gasteiger partial charge < -0.3 is 9.26 Å². The van der Waals surface area contributed by atoms with Crippen LogP contribution in [0.1, 0.15) is 5.56 Å². The molecule has 0 spiro atoms. The second-order valence-electron chi connectivity index (χ2n) is 4.89. The normalized spacial score (nSPS) is 18.5. The molecule has 2 saturated heterocycles. The first kappa shape index (κ1) is 14.5. The topological polar surface area (TPSA) is 84.7 Å². The molecular weight excluding hydrogens is 297 g/mol. The van der Waals surface area contributed by atoms with Gasteiger partial charge in [0.25, 0.3) is 5.69 Å². The Kier molecular flexibility index (Phi) is 3.71. The van der Waals surface area contributed by atoms with Crippen molar-refractivity contribution in [2.75, 3.05) is 33.3 Å². The third kappa shape index (κ3) is 2.80. The van der Waals surface area contributed by atoms with Crippen LogP contribution in [0.5, 0.6) is 5.75 Å². The molecule has 3 rings (SSSR count). The van der Waals surface area contributed by atoms with E-state index in [0.29, 0.717) is 11.3 Å². The molecule has 2 aliphatic heterocycles. The summed E-state index contributed by atoms with van der Waals surface area (Å²) in [6.45, 7) is 2.85. The van der Waals surface area contributed by atoms with Gasteiger partial charge in [-0.1, -0.05) is 6.07 Å². The minimum Gasteiger partial charge on any atom is -0.496 e.